The molecule has 2 rings (SSSR count). The standard InChI is InChI=1S/C13H9BrO2/c14-12(7-8-15)10-3-5-11(6-4-10)13-2-1-9-16-13/h1-9H. The Balaban J connectivity index is 2.30. The lowest BCUT2D eigenvalue weighted by molar-refractivity contribution is -0.104. The SMILES string of the molecule is O=CC=C(Br)c1ccc(-c2ccco2)cc1. The lowest BCUT2D eigenvalue weighted by Crippen LogP contribution is -1.79. The summed E-state index contributed by atoms with van der Waals surface area (Å²) < 4.78 is 6.06. The summed E-state index contributed by atoms with van der Waals surface area (Å²) in [6.07, 6.45) is 3.87. The van der Waals surface area contributed by atoms with Crippen LogP contribution in [0.1, 0.15) is 5.56 Å². The van der Waals surface area contributed by atoms with Crippen LogP contribution in [0.2, 0.25) is 0 Å². The summed E-state index contributed by atoms with van der Waals surface area (Å²) in [5, 5.41) is 0. The normalized spacial score (nSPS) is 11.4. The molecule has 1 aromatic carbocycles. The monoisotopic (exact) mass is 276 g/mol. The molecule has 2 aromatic rings. The second kappa shape index (κ2) is 4.94. The fourth-order valence-corrected chi connectivity index (χ4v) is 1.76. The number of furan rings is 1. The first-order valence-corrected chi connectivity index (χ1v) is 5.56. The molecule has 1 heterocycles. The van der Waals surface area contributed by atoms with Crippen LogP contribution in [0.4, 0.5) is 0 Å². The van der Waals surface area contributed by atoms with Crippen LogP contribution >= 0.6 is 15.9 Å². The third-order valence-electron chi connectivity index (χ3n) is 2.18. The van der Waals surface area contributed by atoms with Crippen molar-refractivity contribution in [1.82, 2.24) is 0 Å². The van der Waals surface area contributed by atoms with Gasteiger partial charge in [-0.05, 0) is 23.8 Å². The Labute approximate surface area is 102 Å². The number of carbonyl (C=O) groups is 1. The topological polar surface area (TPSA) is 30.2 Å². The summed E-state index contributed by atoms with van der Waals surface area (Å²) >= 11 is 3.33. The Morgan fingerprint density at radius 3 is 2.50 bits per heavy atom. The molecule has 0 fully saturated rings. The van der Waals surface area contributed by atoms with Crippen molar-refractivity contribution in [3.05, 3.63) is 54.3 Å². The van der Waals surface area contributed by atoms with Gasteiger partial charge in [0.25, 0.3) is 0 Å². The number of carbonyl (C=O) groups excluding carboxylic acids is 1. The number of benzene rings is 1. The van der Waals surface area contributed by atoms with Gasteiger partial charge in [0.15, 0.2) is 0 Å². The van der Waals surface area contributed by atoms with Crippen LogP contribution in [0.3, 0.4) is 0 Å². The van der Waals surface area contributed by atoms with Crippen LogP contribution < -0.4 is 0 Å². The molecule has 0 saturated heterocycles. The Morgan fingerprint density at radius 1 is 1.19 bits per heavy atom. The van der Waals surface area contributed by atoms with Gasteiger partial charge in [0.2, 0.25) is 0 Å². The number of halogens is 1. The molecule has 0 radical (unpaired) electrons. The van der Waals surface area contributed by atoms with Crippen molar-refractivity contribution in [1.29, 1.82) is 0 Å². The molecule has 2 nitrogen and oxygen atoms in total. The van der Waals surface area contributed by atoms with Crippen molar-refractivity contribution in [2.45, 2.75) is 0 Å². The first-order valence-electron chi connectivity index (χ1n) is 4.76. The van der Waals surface area contributed by atoms with Gasteiger partial charge in [-0.3, -0.25) is 4.79 Å². The van der Waals surface area contributed by atoms with E-state index in [2.05, 4.69) is 15.9 Å². The highest BCUT2D eigenvalue weighted by atomic mass is 79.9. The molecule has 0 unspecified atom stereocenters. The zero-order valence-corrected chi connectivity index (χ0v) is 9.98. The average Bonchev–Trinajstić information content (AvgIpc) is 2.83. The van der Waals surface area contributed by atoms with E-state index in [9.17, 15) is 4.79 Å². The molecule has 0 saturated carbocycles. The summed E-state index contributed by atoms with van der Waals surface area (Å²) in [6, 6.07) is 11.5. The predicted molar refractivity (Wildman–Crippen MR) is 67.1 cm³/mol. The van der Waals surface area contributed by atoms with E-state index in [0.717, 1.165) is 27.7 Å². The fraction of sp³-hybridized carbons (Fsp3) is 0. The van der Waals surface area contributed by atoms with E-state index in [0.29, 0.717) is 0 Å². The van der Waals surface area contributed by atoms with Gasteiger partial charge in [0, 0.05) is 10.0 Å². The van der Waals surface area contributed by atoms with Gasteiger partial charge in [-0.15, -0.1) is 0 Å². The van der Waals surface area contributed by atoms with Gasteiger partial charge in [0.1, 0.15) is 12.0 Å². The zero-order valence-electron chi connectivity index (χ0n) is 8.39. The summed E-state index contributed by atoms with van der Waals surface area (Å²) in [5.74, 6) is 0.835. The minimum Gasteiger partial charge on any atom is -0.464 e. The number of hydrogen-bond donors (Lipinski definition) is 0. The molecular weight excluding hydrogens is 268 g/mol. The van der Waals surface area contributed by atoms with Crippen LogP contribution in [0, 0.1) is 0 Å². The maximum Gasteiger partial charge on any atom is 0.143 e. The van der Waals surface area contributed by atoms with E-state index in [-0.39, 0.29) is 0 Å². The minimum absolute atomic E-state index is 0.754. The highest BCUT2D eigenvalue weighted by Gasteiger charge is 2.01. The molecule has 0 aliphatic rings. The van der Waals surface area contributed by atoms with E-state index in [1.54, 1.807) is 6.26 Å². The molecule has 1 aromatic heterocycles. The van der Waals surface area contributed by atoms with Gasteiger partial charge in [0.05, 0.1) is 6.26 Å². The van der Waals surface area contributed by atoms with E-state index in [4.69, 9.17) is 4.42 Å². The van der Waals surface area contributed by atoms with Crippen LogP contribution in [0.25, 0.3) is 15.8 Å². The van der Waals surface area contributed by atoms with Gasteiger partial charge in [-0.1, -0.05) is 40.2 Å². The van der Waals surface area contributed by atoms with Crippen molar-refractivity contribution in [3.63, 3.8) is 0 Å². The zero-order chi connectivity index (χ0) is 11.4. The van der Waals surface area contributed by atoms with Crippen molar-refractivity contribution in [2.24, 2.45) is 0 Å². The molecule has 0 aliphatic carbocycles. The van der Waals surface area contributed by atoms with Crippen molar-refractivity contribution in [2.75, 3.05) is 0 Å². The third kappa shape index (κ3) is 2.31. The molecule has 0 bridgehead atoms. The molecule has 16 heavy (non-hydrogen) atoms. The molecule has 0 atom stereocenters. The van der Waals surface area contributed by atoms with E-state index < -0.39 is 0 Å². The quantitative estimate of drug-likeness (QED) is 0.629. The smallest absolute Gasteiger partial charge is 0.143 e. The van der Waals surface area contributed by atoms with Crippen molar-refractivity contribution < 1.29 is 9.21 Å². The number of rotatable bonds is 3. The van der Waals surface area contributed by atoms with Gasteiger partial charge >= 0.3 is 0 Å². The molecule has 80 valence electrons. The summed E-state index contributed by atoms with van der Waals surface area (Å²) in [6.45, 7) is 0. The molecule has 0 spiro atoms. The maximum absolute atomic E-state index is 10.3. The second-order valence-electron chi connectivity index (χ2n) is 3.21. The van der Waals surface area contributed by atoms with E-state index in [1.165, 1.54) is 6.08 Å². The largest absolute Gasteiger partial charge is 0.464 e. The average molecular weight is 277 g/mol. The summed E-state index contributed by atoms with van der Waals surface area (Å²) in [4.78, 5) is 10.3. The highest BCUT2D eigenvalue weighted by molar-refractivity contribution is 9.15. The molecule has 0 amide bonds. The van der Waals surface area contributed by atoms with Crippen LogP contribution in [-0.2, 0) is 4.79 Å². The predicted octanol–water partition coefficient (Wildman–Crippen LogP) is 3.88. The Morgan fingerprint density at radius 2 is 1.94 bits per heavy atom. The molecule has 0 N–H and O–H groups in total. The van der Waals surface area contributed by atoms with Crippen molar-refractivity contribution >= 4 is 26.7 Å². The first-order chi connectivity index (χ1) is 7.81. The van der Waals surface area contributed by atoms with E-state index >= 15 is 0 Å². The molecule has 0 aliphatic heterocycles. The van der Waals surface area contributed by atoms with Gasteiger partial charge in [-0.2, -0.15) is 0 Å². The maximum atomic E-state index is 10.3. The Kier molecular flexibility index (Phi) is 3.37. The van der Waals surface area contributed by atoms with Crippen LogP contribution in [0.5, 0.6) is 0 Å². The fourth-order valence-electron chi connectivity index (χ4n) is 1.39. The first kappa shape index (κ1) is 10.9. The molecule has 3 heteroatoms. The lowest BCUT2D eigenvalue weighted by Gasteiger charge is -2.00. The van der Waals surface area contributed by atoms with Crippen molar-refractivity contribution in [3.8, 4) is 11.3 Å². The third-order valence-corrected chi connectivity index (χ3v) is 2.90. The highest BCUT2D eigenvalue weighted by Crippen LogP contribution is 2.25. The minimum atomic E-state index is 0.754. The second-order valence-corrected chi connectivity index (χ2v) is 4.06. The summed E-state index contributed by atoms with van der Waals surface area (Å²) in [7, 11) is 0. The van der Waals surface area contributed by atoms with E-state index in [1.807, 2.05) is 36.4 Å². The summed E-state index contributed by atoms with van der Waals surface area (Å²) in [5.41, 5.74) is 1.97. The number of hydrogen-bond acceptors (Lipinski definition) is 2. The number of aldehydes is 1. The van der Waals surface area contributed by atoms with Gasteiger partial charge in [-0.25, -0.2) is 0 Å². The Bertz CT molecular complexity index is 495. The Hall–Kier alpha value is -1.61. The molecular formula is C13H9BrO2. The van der Waals surface area contributed by atoms with Crippen LogP contribution in [0.15, 0.2) is 53.2 Å². The van der Waals surface area contributed by atoms with Gasteiger partial charge < -0.3 is 4.42 Å². The number of allylic oxidation sites excluding steroid dienone is 1. The van der Waals surface area contributed by atoms with Crippen LogP contribution in [-0.4, -0.2) is 6.29 Å². The lowest BCUT2D eigenvalue weighted by atomic mass is 10.1.